The summed E-state index contributed by atoms with van der Waals surface area (Å²) in [7, 11) is 0. The first kappa shape index (κ1) is 14.5. The standard InChI is InChI=1S/C17H27NO/c1-12(2)16(18)17(19)15-10-8-14(9-11-15)13-6-4-3-5-7-13/h8-13,16-17,19H,3-7,18H2,1-2H3. The maximum Gasteiger partial charge on any atom is 0.0943 e. The zero-order chi connectivity index (χ0) is 13.8. The summed E-state index contributed by atoms with van der Waals surface area (Å²) >= 11 is 0. The molecule has 3 N–H and O–H groups in total. The Morgan fingerprint density at radius 3 is 2.16 bits per heavy atom. The van der Waals surface area contributed by atoms with Gasteiger partial charge in [0.2, 0.25) is 0 Å². The highest BCUT2D eigenvalue weighted by Crippen LogP contribution is 2.33. The molecular weight excluding hydrogens is 234 g/mol. The monoisotopic (exact) mass is 261 g/mol. The summed E-state index contributed by atoms with van der Waals surface area (Å²) in [5, 5.41) is 10.2. The third-order valence-electron chi connectivity index (χ3n) is 4.49. The third kappa shape index (κ3) is 3.58. The quantitative estimate of drug-likeness (QED) is 0.867. The van der Waals surface area contributed by atoms with E-state index in [4.69, 9.17) is 5.73 Å². The van der Waals surface area contributed by atoms with Crippen molar-refractivity contribution in [3.63, 3.8) is 0 Å². The van der Waals surface area contributed by atoms with E-state index in [9.17, 15) is 5.11 Å². The Balaban J connectivity index is 2.05. The van der Waals surface area contributed by atoms with Crippen molar-refractivity contribution >= 4 is 0 Å². The molecule has 1 aromatic carbocycles. The van der Waals surface area contributed by atoms with Crippen molar-refractivity contribution in [1.82, 2.24) is 0 Å². The Kier molecular flexibility index (Phi) is 5.00. The minimum absolute atomic E-state index is 0.194. The van der Waals surface area contributed by atoms with Gasteiger partial charge in [0.25, 0.3) is 0 Å². The predicted octanol–water partition coefficient (Wildman–Crippen LogP) is 3.75. The first-order chi connectivity index (χ1) is 9.09. The fourth-order valence-corrected chi connectivity index (χ4v) is 2.99. The largest absolute Gasteiger partial charge is 0.387 e. The molecule has 1 fully saturated rings. The lowest BCUT2D eigenvalue weighted by Gasteiger charge is -2.24. The van der Waals surface area contributed by atoms with E-state index in [2.05, 4.69) is 24.3 Å². The van der Waals surface area contributed by atoms with Gasteiger partial charge in [-0.3, -0.25) is 0 Å². The van der Waals surface area contributed by atoms with Crippen molar-refractivity contribution in [2.75, 3.05) is 0 Å². The second-order valence-electron chi connectivity index (χ2n) is 6.27. The van der Waals surface area contributed by atoms with E-state index in [1.165, 1.54) is 37.7 Å². The molecule has 2 rings (SSSR count). The topological polar surface area (TPSA) is 46.2 Å². The normalized spacial score (nSPS) is 20.5. The smallest absolute Gasteiger partial charge is 0.0943 e. The van der Waals surface area contributed by atoms with Crippen LogP contribution >= 0.6 is 0 Å². The van der Waals surface area contributed by atoms with Crippen molar-refractivity contribution in [3.8, 4) is 0 Å². The molecule has 0 aliphatic heterocycles. The van der Waals surface area contributed by atoms with Crippen molar-refractivity contribution in [2.45, 2.75) is 64.0 Å². The molecule has 1 saturated carbocycles. The van der Waals surface area contributed by atoms with Gasteiger partial charge in [-0.25, -0.2) is 0 Å². The van der Waals surface area contributed by atoms with Gasteiger partial charge >= 0.3 is 0 Å². The van der Waals surface area contributed by atoms with E-state index in [0.29, 0.717) is 0 Å². The lowest BCUT2D eigenvalue weighted by atomic mass is 9.83. The number of nitrogens with two attached hydrogens (primary N) is 1. The van der Waals surface area contributed by atoms with E-state index < -0.39 is 6.10 Å². The Morgan fingerprint density at radius 2 is 1.63 bits per heavy atom. The molecule has 106 valence electrons. The van der Waals surface area contributed by atoms with Gasteiger partial charge in [-0.15, -0.1) is 0 Å². The van der Waals surface area contributed by atoms with Gasteiger partial charge in [-0.05, 0) is 35.8 Å². The van der Waals surface area contributed by atoms with Crippen molar-refractivity contribution in [2.24, 2.45) is 11.7 Å². The molecule has 0 bridgehead atoms. The van der Waals surface area contributed by atoms with Crippen molar-refractivity contribution in [3.05, 3.63) is 35.4 Å². The SMILES string of the molecule is CC(C)C(N)C(O)c1ccc(C2CCCCC2)cc1. The van der Waals surface area contributed by atoms with E-state index in [0.717, 1.165) is 11.5 Å². The molecule has 0 radical (unpaired) electrons. The van der Waals surface area contributed by atoms with Gasteiger partial charge in [0.05, 0.1) is 6.10 Å². The highest BCUT2D eigenvalue weighted by molar-refractivity contribution is 5.27. The minimum Gasteiger partial charge on any atom is -0.387 e. The van der Waals surface area contributed by atoms with Crippen LogP contribution in [0.25, 0.3) is 0 Å². The van der Waals surface area contributed by atoms with Gasteiger partial charge in [0.1, 0.15) is 0 Å². The number of hydrogen-bond acceptors (Lipinski definition) is 2. The van der Waals surface area contributed by atoms with Gasteiger partial charge in [0.15, 0.2) is 0 Å². The van der Waals surface area contributed by atoms with Gasteiger partial charge in [0, 0.05) is 6.04 Å². The third-order valence-corrected chi connectivity index (χ3v) is 4.49. The Bertz CT molecular complexity index is 379. The van der Waals surface area contributed by atoms with E-state index in [-0.39, 0.29) is 12.0 Å². The summed E-state index contributed by atoms with van der Waals surface area (Å²) in [6.45, 7) is 4.09. The van der Waals surface area contributed by atoms with E-state index >= 15 is 0 Å². The van der Waals surface area contributed by atoms with Gasteiger partial charge in [-0.1, -0.05) is 57.4 Å². The summed E-state index contributed by atoms with van der Waals surface area (Å²) in [4.78, 5) is 0. The number of aliphatic hydroxyl groups is 1. The summed E-state index contributed by atoms with van der Waals surface area (Å²) in [5.74, 6) is 1.01. The molecular formula is C17H27NO. The fourth-order valence-electron chi connectivity index (χ4n) is 2.99. The summed E-state index contributed by atoms with van der Waals surface area (Å²) < 4.78 is 0. The molecule has 0 saturated heterocycles. The molecule has 0 spiro atoms. The minimum atomic E-state index is -0.555. The average molecular weight is 261 g/mol. The molecule has 2 nitrogen and oxygen atoms in total. The number of aliphatic hydroxyl groups excluding tert-OH is 1. The van der Waals surface area contributed by atoms with Gasteiger partial charge < -0.3 is 10.8 Å². The Hall–Kier alpha value is -0.860. The average Bonchev–Trinajstić information content (AvgIpc) is 2.46. The molecule has 2 unspecified atom stereocenters. The number of rotatable bonds is 4. The summed E-state index contributed by atoms with van der Waals surface area (Å²) in [6.07, 6.45) is 6.16. The molecule has 2 atom stereocenters. The highest BCUT2D eigenvalue weighted by Gasteiger charge is 2.21. The molecule has 0 amide bonds. The molecule has 1 aliphatic carbocycles. The van der Waals surface area contributed by atoms with Crippen LogP contribution in [0.2, 0.25) is 0 Å². The predicted molar refractivity (Wildman–Crippen MR) is 80.0 cm³/mol. The number of benzene rings is 1. The van der Waals surface area contributed by atoms with E-state index in [1.807, 2.05) is 13.8 Å². The lowest BCUT2D eigenvalue weighted by molar-refractivity contribution is 0.126. The maximum atomic E-state index is 10.2. The van der Waals surface area contributed by atoms with Crippen LogP contribution in [0.1, 0.15) is 69.1 Å². The summed E-state index contributed by atoms with van der Waals surface area (Å²) in [5.41, 5.74) is 8.39. The zero-order valence-electron chi connectivity index (χ0n) is 12.2. The van der Waals surface area contributed by atoms with E-state index in [1.54, 1.807) is 0 Å². The van der Waals surface area contributed by atoms with Crippen LogP contribution in [0.15, 0.2) is 24.3 Å². The van der Waals surface area contributed by atoms with Crippen LogP contribution in [0.5, 0.6) is 0 Å². The van der Waals surface area contributed by atoms with Crippen molar-refractivity contribution < 1.29 is 5.11 Å². The maximum absolute atomic E-state index is 10.2. The van der Waals surface area contributed by atoms with Crippen LogP contribution < -0.4 is 5.73 Å². The molecule has 1 aromatic rings. The molecule has 0 aromatic heterocycles. The van der Waals surface area contributed by atoms with Crippen molar-refractivity contribution in [1.29, 1.82) is 0 Å². The van der Waals surface area contributed by atoms with Crippen LogP contribution in [-0.2, 0) is 0 Å². The molecule has 1 aliphatic rings. The lowest BCUT2D eigenvalue weighted by Crippen LogP contribution is -2.33. The second kappa shape index (κ2) is 6.53. The first-order valence-corrected chi connectivity index (χ1v) is 7.63. The van der Waals surface area contributed by atoms with Crippen LogP contribution in [0, 0.1) is 5.92 Å². The zero-order valence-corrected chi connectivity index (χ0v) is 12.2. The highest BCUT2D eigenvalue weighted by atomic mass is 16.3. The second-order valence-corrected chi connectivity index (χ2v) is 6.27. The van der Waals surface area contributed by atoms with Crippen LogP contribution in [0.4, 0.5) is 0 Å². The van der Waals surface area contributed by atoms with Crippen LogP contribution in [0.3, 0.4) is 0 Å². The molecule has 0 heterocycles. The number of hydrogen-bond donors (Lipinski definition) is 2. The summed E-state index contributed by atoms with van der Waals surface area (Å²) in [6, 6.07) is 8.28. The first-order valence-electron chi connectivity index (χ1n) is 7.63. The Labute approximate surface area is 117 Å². The molecule has 19 heavy (non-hydrogen) atoms. The van der Waals surface area contributed by atoms with Gasteiger partial charge in [-0.2, -0.15) is 0 Å². The fraction of sp³-hybridized carbons (Fsp3) is 0.647. The Morgan fingerprint density at radius 1 is 1.05 bits per heavy atom. The van der Waals surface area contributed by atoms with Crippen LogP contribution in [-0.4, -0.2) is 11.1 Å². The molecule has 2 heteroatoms.